The lowest BCUT2D eigenvalue weighted by Gasteiger charge is -2.20. The van der Waals surface area contributed by atoms with Crippen LogP contribution < -0.4 is 4.74 Å². The number of carbonyl (C=O) groups excluding carboxylic acids is 2. The fourth-order valence-corrected chi connectivity index (χ4v) is 3.32. The van der Waals surface area contributed by atoms with Crippen molar-refractivity contribution < 1.29 is 32.0 Å². The number of ether oxygens (including phenoxy) is 1. The Balaban J connectivity index is 1.55. The third-order valence-electron chi connectivity index (χ3n) is 4.59. The fourth-order valence-electron chi connectivity index (χ4n) is 3.20. The second-order valence-corrected chi connectivity index (χ2v) is 7.10. The number of carbonyl (C=O) groups is 2. The molecule has 0 spiro atoms. The van der Waals surface area contributed by atoms with Crippen molar-refractivity contribution in [2.75, 3.05) is 0 Å². The standard InChI is InChI=1S/C20H13ClF3N3O4/c21-13-5-1-12(2-6-13)19(29)27-15(9-10-16(27)28)18-25-17(26-31-18)11-3-7-14(8-4-11)30-20(22,23)24/h1-8,15H,9-10H2. The number of alkyl halides is 3. The Hall–Kier alpha value is -3.40. The molecule has 11 heteroatoms. The molecule has 1 fully saturated rings. The van der Waals surface area contributed by atoms with Crippen LogP contribution in [0.5, 0.6) is 5.75 Å². The second kappa shape index (κ2) is 8.03. The van der Waals surface area contributed by atoms with Gasteiger partial charge in [-0.3, -0.25) is 14.5 Å². The lowest BCUT2D eigenvalue weighted by Crippen LogP contribution is -2.34. The molecule has 1 aromatic heterocycles. The van der Waals surface area contributed by atoms with Crippen molar-refractivity contribution in [2.45, 2.75) is 25.2 Å². The topological polar surface area (TPSA) is 85.5 Å². The number of amides is 2. The van der Waals surface area contributed by atoms with Crippen LogP contribution in [0.2, 0.25) is 5.02 Å². The molecule has 1 aliphatic heterocycles. The van der Waals surface area contributed by atoms with E-state index in [9.17, 15) is 22.8 Å². The van der Waals surface area contributed by atoms with Crippen LogP contribution in [0.4, 0.5) is 13.2 Å². The summed E-state index contributed by atoms with van der Waals surface area (Å²) in [6.07, 6.45) is -4.36. The van der Waals surface area contributed by atoms with E-state index < -0.39 is 18.3 Å². The zero-order chi connectivity index (χ0) is 22.2. The molecule has 0 saturated carbocycles. The zero-order valence-corrected chi connectivity index (χ0v) is 16.4. The molecule has 2 heterocycles. The second-order valence-electron chi connectivity index (χ2n) is 6.66. The molecule has 1 unspecified atom stereocenters. The molecular formula is C20H13ClF3N3O4. The Labute approximate surface area is 178 Å². The minimum Gasteiger partial charge on any atom is -0.406 e. The first-order valence-corrected chi connectivity index (χ1v) is 9.41. The molecule has 0 N–H and O–H groups in total. The summed E-state index contributed by atoms with van der Waals surface area (Å²) in [4.78, 5) is 30.5. The normalized spacial score (nSPS) is 16.6. The average Bonchev–Trinajstić information content (AvgIpc) is 3.34. The van der Waals surface area contributed by atoms with E-state index >= 15 is 0 Å². The van der Waals surface area contributed by atoms with Crippen LogP contribution in [0.25, 0.3) is 11.4 Å². The number of rotatable bonds is 4. The third-order valence-corrected chi connectivity index (χ3v) is 4.85. The predicted molar refractivity (Wildman–Crippen MR) is 101 cm³/mol. The summed E-state index contributed by atoms with van der Waals surface area (Å²) in [5.41, 5.74) is 0.661. The van der Waals surface area contributed by atoms with E-state index in [1.807, 2.05) is 0 Å². The number of halogens is 4. The van der Waals surface area contributed by atoms with Crippen LogP contribution in [0, 0.1) is 0 Å². The van der Waals surface area contributed by atoms with Gasteiger partial charge in [-0.2, -0.15) is 4.98 Å². The van der Waals surface area contributed by atoms with Gasteiger partial charge in [0, 0.05) is 22.6 Å². The molecule has 7 nitrogen and oxygen atoms in total. The highest BCUT2D eigenvalue weighted by molar-refractivity contribution is 6.30. The highest BCUT2D eigenvalue weighted by Crippen LogP contribution is 2.34. The highest BCUT2D eigenvalue weighted by Gasteiger charge is 2.40. The third kappa shape index (κ3) is 4.53. The maximum absolute atomic E-state index is 12.8. The number of benzene rings is 2. The number of likely N-dealkylation sites (tertiary alicyclic amines) is 1. The van der Waals surface area contributed by atoms with Crippen LogP contribution in [0.15, 0.2) is 53.1 Å². The largest absolute Gasteiger partial charge is 0.573 e. The maximum Gasteiger partial charge on any atom is 0.573 e. The number of hydrogen-bond acceptors (Lipinski definition) is 6. The molecule has 1 saturated heterocycles. The minimum absolute atomic E-state index is 0.0544. The van der Waals surface area contributed by atoms with E-state index in [1.165, 1.54) is 24.3 Å². The van der Waals surface area contributed by atoms with Gasteiger partial charge in [-0.15, -0.1) is 13.2 Å². The van der Waals surface area contributed by atoms with E-state index in [2.05, 4.69) is 14.9 Å². The van der Waals surface area contributed by atoms with Crippen LogP contribution in [-0.2, 0) is 4.79 Å². The Morgan fingerprint density at radius 1 is 1.13 bits per heavy atom. The van der Waals surface area contributed by atoms with Gasteiger partial charge in [-0.05, 0) is 55.0 Å². The van der Waals surface area contributed by atoms with Crippen molar-refractivity contribution in [3.8, 4) is 17.1 Å². The van der Waals surface area contributed by atoms with Crippen LogP contribution in [-0.4, -0.2) is 33.2 Å². The first-order chi connectivity index (χ1) is 14.7. The quantitative estimate of drug-likeness (QED) is 0.530. The molecule has 1 aliphatic rings. The van der Waals surface area contributed by atoms with Gasteiger partial charge < -0.3 is 9.26 Å². The predicted octanol–water partition coefficient (Wildman–Crippen LogP) is 4.79. The smallest absolute Gasteiger partial charge is 0.406 e. The zero-order valence-electron chi connectivity index (χ0n) is 15.6. The first-order valence-electron chi connectivity index (χ1n) is 9.03. The van der Waals surface area contributed by atoms with Gasteiger partial charge in [-0.25, -0.2) is 0 Å². The van der Waals surface area contributed by atoms with E-state index in [1.54, 1.807) is 12.1 Å². The van der Waals surface area contributed by atoms with Crippen LogP contribution in [0.1, 0.15) is 35.1 Å². The number of aromatic nitrogens is 2. The van der Waals surface area contributed by atoms with Crippen molar-refractivity contribution in [1.29, 1.82) is 0 Å². The van der Waals surface area contributed by atoms with Gasteiger partial charge >= 0.3 is 6.36 Å². The summed E-state index contributed by atoms with van der Waals surface area (Å²) in [6, 6.07) is 10.3. The van der Waals surface area contributed by atoms with Gasteiger partial charge in [0.15, 0.2) is 0 Å². The lowest BCUT2D eigenvalue weighted by molar-refractivity contribution is -0.274. The number of nitrogens with zero attached hydrogens (tertiary/aromatic N) is 3. The molecule has 31 heavy (non-hydrogen) atoms. The Morgan fingerprint density at radius 2 is 1.81 bits per heavy atom. The minimum atomic E-state index is -4.80. The summed E-state index contributed by atoms with van der Waals surface area (Å²) in [7, 11) is 0. The van der Waals surface area contributed by atoms with E-state index in [0.29, 0.717) is 17.0 Å². The molecule has 4 rings (SSSR count). The van der Waals surface area contributed by atoms with Crippen molar-refractivity contribution in [3.63, 3.8) is 0 Å². The first kappa shape index (κ1) is 20.9. The summed E-state index contributed by atoms with van der Waals surface area (Å²) >= 11 is 5.84. The summed E-state index contributed by atoms with van der Waals surface area (Å²) < 4.78 is 46.0. The average molecular weight is 452 g/mol. The van der Waals surface area contributed by atoms with Gasteiger partial charge in [0.1, 0.15) is 11.8 Å². The van der Waals surface area contributed by atoms with Crippen molar-refractivity contribution in [3.05, 3.63) is 65.0 Å². The van der Waals surface area contributed by atoms with E-state index in [-0.39, 0.29) is 35.4 Å². The molecule has 0 bridgehead atoms. The van der Waals surface area contributed by atoms with Crippen molar-refractivity contribution >= 4 is 23.4 Å². The highest BCUT2D eigenvalue weighted by atomic mass is 35.5. The molecule has 1 atom stereocenters. The van der Waals surface area contributed by atoms with Gasteiger partial charge in [0.2, 0.25) is 17.6 Å². The van der Waals surface area contributed by atoms with Gasteiger partial charge in [-0.1, -0.05) is 16.8 Å². The summed E-state index contributed by atoms with van der Waals surface area (Å²) in [5, 5.41) is 4.28. The maximum atomic E-state index is 12.8. The van der Waals surface area contributed by atoms with Gasteiger partial charge in [0.25, 0.3) is 5.91 Å². The Morgan fingerprint density at radius 3 is 2.45 bits per heavy atom. The van der Waals surface area contributed by atoms with Gasteiger partial charge in [0.05, 0.1) is 0 Å². The fraction of sp³-hybridized carbons (Fsp3) is 0.200. The Kier molecular flexibility index (Phi) is 5.40. The molecule has 2 amide bonds. The SMILES string of the molecule is O=C1CCC(c2nc(-c3ccc(OC(F)(F)F)cc3)no2)N1C(=O)c1ccc(Cl)cc1. The molecule has 0 aliphatic carbocycles. The lowest BCUT2D eigenvalue weighted by atomic mass is 10.1. The molecule has 0 radical (unpaired) electrons. The monoisotopic (exact) mass is 451 g/mol. The molecule has 2 aromatic carbocycles. The summed E-state index contributed by atoms with van der Waals surface area (Å²) in [5.74, 6) is -1.12. The molecule has 160 valence electrons. The van der Waals surface area contributed by atoms with E-state index in [0.717, 1.165) is 17.0 Å². The van der Waals surface area contributed by atoms with Crippen molar-refractivity contribution in [1.82, 2.24) is 15.0 Å². The van der Waals surface area contributed by atoms with Crippen molar-refractivity contribution in [2.24, 2.45) is 0 Å². The van der Waals surface area contributed by atoms with E-state index in [4.69, 9.17) is 16.1 Å². The molecule has 3 aromatic rings. The summed E-state index contributed by atoms with van der Waals surface area (Å²) in [6.45, 7) is 0. The Bertz CT molecular complexity index is 1110. The van der Waals surface area contributed by atoms with Crippen LogP contribution >= 0.6 is 11.6 Å². The number of imide groups is 1. The number of hydrogen-bond donors (Lipinski definition) is 0. The molecular weight excluding hydrogens is 439 g/mol. The van der Waals surface area contributed by atoms with Crippen LogP contribution in [0.3, 0.4) is 0 Å².